The highest BCUT2D eigenvalue weighted by Crippen LogP contribution is 2.20. The Morgan fingerprint density at radius 1 is 1.29 bits per heavy atom. The lowest BCUT2D eigenvalue weighted by Gasteiger charge is -2.12. The van der Waals surface area contributed by atoms with Gasteiger partial charge in [0, 0.05) is 15.9 Å². The van der Waals surface area contributed by atoms with Crippen molar-refractivity contribution in [2.75, 3.05) is 0 Å². The molecule has 0 saturated carbocycles. The highest BCUT2D eigenvalue weighted by atomic mass is 35.5. The van der Waals surface area contributed by atoms with Crippen LogP contribution in [0.1, 0.15) is 16.0 Å². The van der Waals surface area contributed by atoms with Crippen LogP contribution in [0.2, 0.25) is 5.02 Å². The van der Waals surface area contributed by atoms with E-state index >= 15 is 0 Å². The Hall–Kier alpha value is -0.830. The van der Waals surface area contributed by atoms with Crippen LogP contribution in [-0.4, -0.2) is 6.04 Å². The van der Waals surface area contributed by atoms with E-state index in [2.05, 4.69) is 29.6 Å². The molecule has 0 radical (unpaired) electrons. The first-order valence-electron chi connectivity index (χ1n) is 5.68. The normalized spacial score (nSPS) is 12.6. The van der Waals surface area contributed by atoms with Crippen LogP contribution in [0.25, 0.3) is 0 Å². The predicted molar refractivity (Wildman–Crippen MR) is 75.9 cm³/mol. The highest BCUT2D eigenvalue weighted by molar-refractivity contribution is 7.09. The van der Waals surface area contributed by atoms with Crippen LogP contribution in [0.4, 0.5) is 0 Å². The highest BCUT2D eigenvalue weighted by Gasteiger charge is 2.08. The molecule has 1 nitrogen and oxygen atoms in total. The first kappa shape index (κ1) is 12.6. The fraction of sp³-hybridized carbons (Fsp3) is 0.286. The molecule has 0 aliphatic heterocycles. The summed E-state index contributed by atoms with van der Waals surface area (Å²) in [7, 11) is 0. The number of hydrogen-bond donors (Lipinski definition) is 1. The number of aryl methyl sites for hydroxylation is 1. The Labute approximate surface area is 111 Å². The monoisotopic (exact) mass is 265 g/mol. The summed E-state index contributed by atoms with van der Waals surface area (Å²) in [5.41, 5.74) is 8.48. The van der Waals surface area contributed by atoms with E-state index < -0.39 is 0 Å². The SMILES string of the molecule is Cc1ccc(CC(N)Cc2cccs2)c(Cl)c1. The van der Waals surface area contributed by atoms with Crippen molar-refractivity contribution in [3.05, 3.63) is 56.7 Å². The molecule has 1 unspecified atom stereocenters. The number of benzene rings is 1. The molecule has 1 atom stereocenters. The summed E-state index contributed by atoms with van der Waals surface area (Å²) in [5, 5.41) is 2.91. The minimum Gasteiger partial charge on any atom is -0.327 e. The lowest BCUT2D eigenvalue weighted by Crippen LogP contribution is -2.25. The van der Waals surface area contributed by atoms with E-state index in [4.69, 9.17) is 17.3 Å². The maximum atomic E-state index is 6.20. The minimum atomic E-state index is 0.133. The molecule has 2 N–H and O–H groups in total. The quantitative estimate of drug-likeness (QED) is 0.894. The van der Waals surface area contributed by atoms with E-state index in [0.717, 1.165) is 23.4 Å². The first-order chi connectivity index (χ1) is 8.15. The molecule has 2 rings (SSSR count). The van der Waals surface area contributed by atoms with Gasteiger partial charge in [-0.25, -0.2) is 0 Å². The fourth-order valence-corrected chi connectivity index (χ4v) is 2.97. The van der Waals surface area contributed by atoms with Gasteiger partial charge in [-0.05, 0) is 48.4 Å². The third-order valence-corrected chi connectivity index (χ3v) is 3.98. The van der Waals surface area contributed by atoms with Gasteiger partial charge in [-0.2, -0.15) is 0 Å². The molecule has 17 heavy (non-hydrogen) atoms. The van der Waals surface area contributed by atoms with Crippen LogP contribution in [0.3, 0.4) is 0 Å². The zero-order valence-corrected chi connectivity index (χ0v) is 11.4. The molecule has 0 amide bonds. The molecule has 1 heterocycles. The maximum absolute atomic E-state index is 6.20. The van der Waals surface area contributed by atoms with Crippen LogP contribution >= 0.6 is 22.9 Å². The number of halogens is 1. The molecule has 0 spiro atoms. The van der Waals surface area contributed by atoms with Gasteiger partial charge in [0.25, 0.3) is 0 Å². The summed E-state index contributed by atoms with van der Waals surface area (Å²) in [6.45, 7) is 2.04. The zero-order chi connectivity index (χ0) is 12.3. The second-order valence-electron chi connectivity index (χ2n) is 4.34. The summed E-state index contributed by atoms with van der Waals surface area (Å²) in [5.74, 6) is 0. The molecule has 2 aromatic rings. The van der Waals surface area contributed by atoms with Crippen LogP contribution in [0.15, 0.2) is 35.7 Å². The third kappa shape index (κ3) is 3.56. The minimum absolute atomic E-state index is 0.133. The molecular formula is C14H16ClNS. The Morgan fingerprint density at radius 2 is 2.12 bits per heavy atom. The molecule has 0 bridgehead atoms. The van der Waals surface area contributed by atoms with E-state index in [9.17, 15) is 0 Å². The second kappa shape index (κ2) is 5.67. The summed E-state index contributed by atoms with van der Waals surface area (Å²) >= 11 is 7.96. The molecule has 0 aliphatic carbocycles. The standard InChI is InChI=1S/C14H16ClNS/c1-10-4-5-11(14(15)7-10)8-12(16)9-13-3-2-6-17-13/h2-7,12H,8-9,16H2,1H3. The molecule has 1 aromatic carbocycles. The van der Waals surface area contributed by atoms with Crippen molar-refractivity contribution in [3.8, 4) is 0 Å². The number of hydrogen-bond acceptors (Lipinski definition) is 2. The predicted octanol–water partition coefficient (Wildman–Crippen LogP) is 3.82. The van der Waals surface area contributed by atoms with Crippen molar-refractivity contribution in [2.24, 2.45) is 5.73 Å². The van der Waals surface area contributed by atoms with Gasteiger partial charge in [0.2, 0.25) is 0 Å². The van der Waals surface area contributed by atoms with Crippen molar-refractivity contribution in [2.45, 2.75) is 25.8 Å². The van der Waals surface area contributed by atoms with Crippen LogP contribution < -0.4 is 5.73 Å². The molecule has 0 fully saturated rings. The topological polar surface area (TPSA) is 26.0 Å². The van der Waals surface area contributed by atoms with Crippen LogP contribution in [-0.2, 0) is 12.8 Å². The van der Waals surface area contributed by atoms with Crippen molar-refractivity contribution in [3.63, 3.8) is 0 Å². The Kier molecular flexibility index (Phi) is 4.21. The largest absolute Gasteiger partial charge is 0.327 e. The zero-order valence-electron chi connectivity index (χ0n) is 9.82. The Bertz CT molecular complexity index is 479. The van der Waals surface area contributed by atoms with E-state index in [-0.39, 0.29) is 6.04 Å². The Balaban J connectivity index is 2.00. The van der Waals surface area contributed by atoms with Crippen molar-refractivity contribution >= 4 is 22.9 Å². The number of rotatable bonds is 4. The van der Waals surface area contributed by atoms with Crippen molar-refractivity contribution in [1.82, 2.24) is 0 Å². The molecule has 0 aliphatic rings. The van der Waals surface area contributed by atoms with Gasteiger partial charge < -0.3 is 5.73 Å². The van der Waals surface area contributed by atoms with Crippen LogP contribution in [0, 0.1) is 6.92 Å². The lowest BCUT2D eigenvalue weighted by atomic mass is 10.0. The summed E-state index contributed by atoms with van der Waals surface area (Å²) in [6, 6.07) is 10.5. The molecular weight excluding hydrogens is 250 g/mol. The van der Waals surface area contributed by atoms with E-state index in [0.29, 0.717) is 0 Å². The summed E-state index contributed by atoms with van der Waals surface area (Å²) in [4.78, 5) is 1.33. The van der Waals surface area contributed by atoms with Gasteiger partial charge in [0.15, 0.2) is 0 Å². The lowest BCUT2D eigenvalue weighted by molar-refractivity contribution is 0.671. The second-order valence-corrected chi connectivity index (χ2v) is 5.78. The smallest absolute Gasteiger partial charge is 0.0441 e. The molecule has 3 heteroatoms. The van der Waals surface area contributed by atoms with Gasteiger partial charge in [-0.1, -0.05) is 29.8 Å². The fourth-order valence-electron chi connectivity index (χ4n) is 1.86. The van der Waals surface area contributed by atoms with Crippen LogP contribution in [0.5, 0.6) is 0 Å². The third-order valence-electron chi connectivity index (χ3n) is 2.73. The number of thiophene rings is 1. The van der Waals surface area contributed by atoms with Gasteiger partial charge in [-0.15, -0.1) is 11.3 Å². The van der Waals surface area contributed by atoms with Gasteiger partial charge in [0.1, 0.15) is 0 Å². The van der Waals surface area contributed by atoms with Gasteiger partial charge in [0.05, 0.1) is 0 Å². The van der Waals surface area contributed by atoms with Crippen molar-refractivity contribution < 1.29 is 0 Å². The summed E-state index contributed by atoms with van der Waals surface area (Å²) < 4.78 is 0. The molecule has 0 saturated heterocycles. The number of nitrogens with two attached hydrogens (primary N) is 1. The average Bonchev–Trinajstić information content (AvgIpc) is 2.75. The van der Waals surface area contributed by atoms with Crippen molar-refractivity contribution in [1.29, 1.82) is 0 Å². The van der Waals surface area contributed by atoms with E-state index in [1.165, 1.54) is 10.4 Å². The first-order valence-corrected chi connectivity index (χ1v) is 6.94. The van der Waals surface area contributed by atoms with E-state index in [1.807, 2.05) is 13.0 Å². The van der Waals surface area contributed by atoms with E-state index in [1.54, 1.807) is 11.3 Å². The average molecular weight is 266 g/mol. The molecule has 90 valence electrons. The summed E-state index contributed by atoms with van der Waals surface area (Å²) in [6.07, 6.45) is 1.75. The Morgan fingerprint density at radius 3 is 2.76 bits per heavy atom. The van der Waals surface area contributed by atoms with Gasteiger partial charge >= 0.3 is 0 Å². The maximum Gasteiger partial charge on any atom is 0.0441 e. The van der Waals surface area contributed by atoms with Gasteiger partial charge in [-0.3, -0.25) is 0 Å². The molecule has 1 aromatic heterocycles.